The normalized spacial score (nSPS) is 10.3. The summed E-state index contributed by atoms with van der Waals surface area (Å²) in [5.41, 5.74) is 0.440. The summed E-state index contributed by atoms with van der Waals surface area (Å²) in [5, 5.41) is 2.39. The minimum absolute atomic E-state index is 0.0359. The fourth-order valence-electron chi connectivity index (χ4n) is 1.52. The molecule has 0 radical (unpaired) electrons. The number of hydrogen-bond donors (Lipinski definition) is 2. The fourth-order valence-corrected chi connectivity index (χ4v) is 1.64. The zero-order valence-electron chi connectivity index (χ0n) is 9.96. The van der Waals surface area contributed by atoms with Crippen LogP contribution >= 0.6 is 11.6 Å². The smallest absolute Gasteiger partial charge is 0.261 e. The molecule has 98 valence electrons. The Morgan fingerprint density at radius 1 is 1.37 bits per heavy atom. The van der Waals surface area contributed by atoms with Crippen molar-refractivity contribution in [1.82, 2.24) is 4.98 Å². The zero-order chi connectivity index (χ0) is 14.0. The van der Waals surface area contributed by atoms with Crippen molar-refractivity contribution in [1.29, 1.82) is 0 Å². The number of anilines is 1. The molecule has 0 bridgehead atoms. The first-order valence-electron chi connectivity index (χ1n) is 5.43. The van der Waals surface area contributed by atoms with Crippen LogP contribution in [0.5, 0.6) is 0 Å². The van der Waals surface area contributed by atoms with Gasteiger partial charge in [0, 0.05) is 23.6 Å². The second-order valence-electron chi connectivity index (χ2n) is 3.98. The van der Waals surface area contributed by atoms with Gasteiger partial charge in [0.05, 0.1) is 5.02 Å². The molecule has 0 aliphatic heterocycles. The molecule has 0 aliphatic carbocycles. The number of amides is 1. The van der Waals surface area contributed by atoms with E-state index in [0.29, 0.717) is 5.69 Å². The van der Waals surface area contributed by atoms with Gasteiger partial charge in [-0.2, -0.15) is 0 Å². The summed E-state index contributed by atoms with van der Waals surface area (Å²) in [5.74, 6) is -1.25. The molecule has 1 amide bonds. The molecule has 0 saturated carbocycles. The molecule has 19 heavy (non-hydrogen) atoms. The predicted molar refractivity (Wildman–Crippen MR) is 71.2 cm³/mol. The lowest BCUT2D eigenvalue weighted by atomic mass is 10.2. The molecule has 1 heterocycles. The van der Waals surface area contributed by atoms with Crippen LogP contribution in [0, 0.1) is 12.7 Å². The van der Waals surface area contributed by atoms with Crippen LogP contribution in [-0.2, 0) is 0 Å². The Bertz CT molecular complexity index is 697. The molecule has 1 aromatic heterocycles. The number of aryl methyl sites for hydroxylation is 1. The van der Waals surface area contributed by atoms with Crippen LogP contribution in [0.1, 0.15) is 16.1 Å². The number of hydrogen-bond acceptors (Lipinski definition) is 2. The van der Waals surface area contributed by atoms with Crippen LogP contribution < -0.4 is 10.7 Å². The molecule has 2 aromatic rings. The molecule has 0 fully saturated rings. The number of rotatable bonds is 2. The number of halogens is 2. The molecule has 0 atom stereocenters. The molecule has 2 rings (SSSR count). The highest BCUT2D eigenvalue weighted by atomic mass is 35.5. The van der Waals surface area contributed by atoms with Gasteiger partial charge in [-0.05, 0) is 25.1 Å². The van der Waals surface area contributed by atoms with Crippen molar-refractivity contribution in [3.8, 4) is 0 Å². The average Bonchev–Trinajstić information content (AvgIpc) is 2.33. The van der Waals surface area contributed by atoms with E-state index in [0.717, 1.165) is 6.07 Å². The molecule has 0 saturated heterocycles. The first-order valence-corrected chi connectivity index (χ1v) is 5.81. The molecule has 0 aliphatic rings. The third-order valence-corrected chi connectivity index (χ3v) is 2.79. The SMILES string of the molecule is Cc1cc(=O)c(C(=O)Nc2ccc(Cl)c(F)c2)c[nH]1. The first kappa shape index (κ1) is 13.3. The summed E-state index contributed by atoms with van der Waals surface area (Å²) in [4.78, 5) is 26.2. The van der Waals surface area contributed by atoms with Crippen LogP contribution in [0.15, 0.2) is 35.3 Å². The molecule has 6 heteroatoms. The Labute approximate surface area is 113 Å². The first-order chi connectivity index (χ1) is 8.97. The van der Waals surface area contributed by atoms with E-state index in [1.54, 1.807) is 6.92 Å². The summed E-state index contributed by atoms with van der Waals surface area (Å²) in [7, 11) is 0. The summed E-state index contributed by atoms with van der Waals surface area (Å²) < 4.78 is 13.2. The van der Waals surface area contributed by atoms with E-state index in [9.17, 15) is 14.0 Å². The van der Waals surface area contributed by atoms with E-state index in [2.05, 4.69) is 10.3 Å². The van der Waals surface area contributed by atoms with Gasteiger partial charge in [0.15, 0.2) is 5.43 Å². The van der Waals surface area contributed by atoms with Crippen molar-refractivity contribution in [3.63, 3.8) is 0 Å². The van der Waals surface area contributed by atoms with E-state index < -0.39 is 17.2 Å². The lowest BCUT2D eigenvalue weighted by molar-refractivity contribution is 0.102. The average molecular weight is 281 g/mol. The Morgan fingerprint density at radius 2 is 2.11 bits per heavy atom. The molecular formula is C13H10ClFN2O2. The van der Waals surface area contributed by atoms with Crippen LogP contribution in [-0.4, -0.2) is 10.9 Å². The largest absolute Gasteiger partial charge is 0.364 e. The summed E-state index contributed by atoms with van der Waals surface area (Å²) >= 11 is 5.53. The number of carbonyl (C=O) groups excluding carboxylic acids is 1. The maximum atomic E-state index is 13.2. The fraction of sp³-hybridized carbons (Fsp3) is 0.0769. The molecule has 1 aromatic carbocycles. The molecule has 0 spiro atoms. The Kier molecular flexibility index (Phi) is 3.66. The van der Waals surface area contributed by atoms with Gasteiger partial charge in [0.2, 0.25) is 0 Å². The second-order valence-corrected chi connectivity index (χ2v) is 4.38. The highest BCUT2D eigenvalue weighted by molar-refractivity contribution is 6.30. The lowest BCUT2D eigenvalue weighted by Gasteiger charge is -2.05. The number of H-pyrrole nitrogens is 1. The van der Waals surface area contributed by atoms with E-state index >= 15 is 0 Å². The summed E-state index contributed by atoms with van der Waals surface area (Å²) in [6.07, 6.45) is 1.32. The topological polar surface area (TPSA) is 62.0 Å². The predicted octanol–water partition coefficient (Wildman–Crippen LogP) is 2.73. The highest BCUT2D eigenvalue weighted by Gasteiger charge is 2.11. The van der Waals surface area contributed by atoms with Crippen molar-refractivity contribution in [2.24, 2.45) is 0 Å². The Balaban J connectivity index is 2.25. The van der Waals surface area contributed by atoms with Crippen molar-refractivity contribution in [2.45, 2.75) is 6.92 Å². The van der Waals surface area contributed by atoms with Gasteiger partial charge in [-0.1, -0.05) is 11.6 Å². The van der Waals surface area contributed by atoms with Crippen LogP contribution in [0.4, 0.5) is 10.1 Å². The Hall–Kier alpha value is -2.14. The van der Waals surface area contributed by atoms with Gasteiger partial charge in [0.1, 0.15) is 11.4 Å². The lowest BCUT2D eigenvalue weighted by Crippen LogP contribution is -2.21. The quantitative estimate of drug-likeness (QED) is 0.888. The van der Waals surface area contributed by atoms with Crippen LogP contribution in [0.25, 0.3) is 0 Å². The number of benzene rings is 1. The van der Waals surface area contributed by atoms with Gasteiger partial charge < -0.3 is 10.3 Å². The Morgan fingerprint density at radius 3 is 2.74 bits per heavy atom. The van der Waals surface area contributed by atoms with Crippen molar-refractivity contribution >= 4 is 23.2 Å². The minimum Gasteiger partial charge on any atom is -0.364 e. The van der Waals surface area contributed by atoms with E-state index in [-0.39, 0.29) is 16.3 Å². The molecular weight excluding hydrogens is 271 g/mol. The molecule has 2 N–H and O–H groups in total. The zero-order valence-corrected chi connectivity index (χ0v) is 10.7. The standard InChI is InChI=1S/C13H10ClFN2O2/c1-7-4-12(18)9(6-16-7)13(19)17-8-2-3-10(14)11(15)5-8/h2-6H,1H3,(H,16,18)(H,17,19). The third kappa shape index (κ3) is 3.00. The van der Waals surface area contributed by atoms with Crippen molar-refractivity contribution in [2.75, 3.05) is 5.32 Å². The monoisotopic (exact) mass is 280 g/mol. The van der Waals surface area contributed by atoms with Crippen LogP contribution in [0.3, 0.4) is 0 Å². The van der Waals surface area contributed by atoms with Gasteiger partial charge in [-0.25, -0.2) is 4.39 Å². The molecule has 4 nitrogen and oxygen atoms in total. The van der Waals surface area contributed by atoms with Gasteiger partial charge in [-0.15, -0.1) is 0 Å². The van der Waals surface area contributed by atoms with Gasteiger partial charge in [0.25, 0.3) is 5.91 Å². The van der Waals surface area contributed by atoms with E-state index in [1.807, 2.05) is 0 Å². The van der Waals surface area contributed by atoms with Gasteiger partial charge in [-0.3, -0.25) is 9.59 Å². The highest BCUT2D eigenvalue weighted by Crippen LogP contribution is 2.18. The van der Waals surface area contributed by atoms with Crippen molar-refractivity contribution in [3.05, 3.63) is 62.8 Å². The number of carbonyl (C=O) groups is 1. The number of aromatic nitrogens is 1. The van der Waals surface area contributed by atoms with Gasteiger partial charge >= 0.3 is 0 Å². The summed E-state index contributed by atoms with van der Waals surface area (Å²) in [6.45, 7) is 1.71. The number of aromatic amines is 1. The van der Waals surface area contributed by atoms with E-state index in [4.69, 9.17) is 11.6 Å². The maximum Gasteiger partial charge on any atom is 0.261 e. The molecule has 0 unspecified atom stereocenters. The second kappa shape index (κ2) is 5.24. The van der Waals surface area contributed by atoms with Crippen molar-refractivity contribution < 1.29 is 9.18 Å². The summed E-state index contributed by atoms with van der Waals surface area (Å²) in [6, 6.07) is 5.18. The van der Waals surface area contributed by atoms with E-state index in [1.165, 1.54) is 24.4 Å². The number of nitrogens with one attached hydrogen (secondary N) is 2. The number of pyridine rings is 1. The third-order valence-electron chi connectivity index (χ3n) is 2.48. The minimum atomic E-state index is -0.641. The maximum absolute atomic E-state index is 13.2. The van der Waals surface area contributed by atoms with Crippen LogP contribution in [0.2, 0.25) is 5.02 Å².